The summed E-state index contributed by atoms with van der Waals surface area (Å²) in [4.78, 5) is 11.5. The van der Waals surface area contributed by atoms with E-state index in [2.05, 4.69) is 12.2 Å². The molecule has 2 aliphatic carbocycles. The molecular weight excluding hydrogens is 190 g/mol. The standard InChI is InChI=1S/C12H21NO2/c1-3-12(6-7-12)8-13-10(9-4-5-9)11(14)15-2/h9-10,13H,3-8H2,1-2H3. The predicted octanol–water partition coefficient (Wildman–Crippen LogP) is 1.72. The number of methoxy groups -OCH3 is 1. The van der Waals surface area contributed by atoms with Crippen LogP contribution in [0.2, 0.25) is 0 Å². The molecule has 2 rings (SSSR count). The van der Waals surface area contributed by atoms with E-state index < -0.39 is 0 Å². The van der Waals surface area contributed by atoms with Crippen LogP contribution in [0.3, 0.4) is 0 Å². The molecule has 0 aromatic heterocycles. The van der Waals surface area contributed by atoms with E-state index in [0.29, 0.717) is 11.3 Å². The second-order valence-corrected chi connectivity index (χ2v) is 5.07. The van der Waals surface area contributed by atoms with Crippen LogP contribution in [0.5, 0.6) is 0 Å². The molecular formula is C12H21NO2. The highest BCUT2D eigenvalue weighted by molar-refractivity contribution is 5.76. The molecule has 3 nitrogen and oxygen atoms in total. The molecule has 0 heterocycles. The van der Waals surface area contributed by atoms with E-state index in [-0.39, 0.29) is 12.0 Å². The molecule has 1 unspecified atom stereocenters. The minimum absolute atomic E-state index is 0.0426. The van der Waals surface area contributed by atoms with Crippen molar-refractivity contribution in [2.45, 2.75) is 45.1 Å². The number of hydrogen-bond donors (Lipinski definition) is 1. The van der Waals surface area contributed by atoms with Gasteiger partial charge in [0.05, 0.1) is 7.11 Å². The van der Waals surface area contributed by atoms with Gasteiger partial charge in [-0.15, -0.1) is 0 Å². The third-order valence-corrected chi connectivity index (χ3v) is 3.95. The highest BCUT2D eigenvalue weighted by Crippen LogP contribution is 2.48. The van der Waals surface area contributed by atoms with Crippen LogP contribution in [-0.4, -0.2) is 25.7 Å². The van der Waals surface area contributed by atoms with Crippen LogP contribution in [0, 0.1) is 11.3 Å². The first-order valence-corrected chi connectivity index (χ1v) is 6.02. The second kappa shape index (κ2) is 4.12. The van der Waals surface area contributed by atoms with Gasteiger partial charge in [0.25, 0.3) is 0 Å². The highest BCUT2D eigenvalue weighted by atomic mass is 16.5. The third-order valence-electron chi connectivity index (χ3n) is 3.95. The summed E-state index contributed by atoms with van der Waals surface area (Å²) >= 11 is 0. The zero-order valence-electron chi connectivity index (χ0n) is 9.71. The molecule has 0 bridgehead atoms. The van der Waals surface area contributed by atoms with E-state index in [9.17, 15) is 4.79 Å². The largest absolute Gasteiger partial charge is 0.468 e. The second-order valence-electron chi connectivity index (χ2n) is 5.07. The molecule has 0 spiro atoms. The van der Waals surface area contributed by atoms with E-state index >= 15 is 0 Å². The van der Waals surface area contributed by atoms with Crippen molar-refractivity contribution in [3.8, 4) is 0 Å². The van der Waals surface area contributed by atoms with Gasteiger partial charge in [0.2, 0.25) is 0 Å². The number of nitrogens with one attached hydrogen (secondary N) is 1. The number of esters is 1. The Bertz CT molecular complexity index is 244. The van der Waals surface area contributed by atoms with Crippen LogP contribution in [-0.2, 0) is 9.53 Å². The molecule has 86 valence electrons. The quantitative estimate of drug-likeness (QED) is 0.680. The first kappa shape index (κ1) is 10.9. The zero-order valence-corrected chi connectivity index (χ0v) is 9.71. The minimum Gasteiger partial charge on any atom is -0.468 e. The molecule has 1 N–H and O–H groups in total. The van der Waals surface area contributed by atoms with Gasteiger partial charge in [0.1, 0.15) is 6.04 Å². The summed E-state index contributed by atoms with van der Waals surface area (Å²) in [5.74, 6) is 0.453. The Kier molecular flexibility index (Phi) is 3.01. The Morgan fingerprint density at radius 2 is 2.20 bits per heavy atom. The number of carbonyl (C=O) groups is 1. The lowest BCUT2D eigenvalue weighted by Gasteiger charge is -2.19. The smallest absolute Gasteiger partial charge is 0.323 e. The fraction of sp³-hybridized carbons (Fsp3) is 0.917. The Balaban J connectivity index is 1.81. The summed E-state index contributed by atoms with van der Waals surface area (Å²) in [6.45, 7) is 3.22. The summed E-state index contributed by atoms with van der Waals surface area (Å²) in [5.41, 5.74) is 0.501. The molecule has 3 heteroatoms. The molecule has 2 fully saturated rings. The van der Waals surface area contributed by atoms with Crippen molar-refractivity contribution in [3.05, 3.63) is 0 Å². The van der Waals surface area contributed by atoms with Gasteiger partial charge < -0.3 is 10.1 Å². The monoisotopic (exact) mass is 211 g/mol. The Hall–Kier alpha value is -0.570. The molecule has 0 aromatic carbocycles. The molecule has 0 amide bonds. The number of hydrogen-bond acceptors (Lipinski definition) is 3. The summed E-state index contributed by atoms with van der Waals surface area (Å²) in [7, 11) is 1.48. The van der Waals surface area contributed by atoms with Gasteiger partial charge in [0.15, 0.2) is 0 Å². The van der Waals surface area contributed by atoms with E-state index in [4.69, 9.17) is 4.74 Å². The minimum atomic E-state index is -0.0793. The first-order chi connectivity index (χ1) is 7.21. The molecule has 0 radical (unpaired) electrons. The maximum atomic E-state index is 11.5. The Labute approximate surface area is 91.6 Å². The van der Waals surface area contributed by atoms with Crippen LogP contribution < -0.4 is 5.32 Å². The lowest BCUT2D eigenvalue weighted by molar-refractivity contribution is -0.143. The van der Waals surface area contributed by atoms with Crippen molar-refractivity contribution < 1.29 is 9.53 Å². The lowest BCUT2D eigenvalue weighted by Crippen LogP contribution is -2.42. The molecule has 1 atom stereocenters. The Morgan fingerprint density at radius 3 is 2.60 bits per heavy atom. The van der Waals surface area contributed by atoms with Gasteiger partial charge in [-0.05, 0) is 43.4 Å². The fourth-order valence-corrected chi connectivity index (χ4v) is 2.16. The number of carbonyl (C=O) groups excluding carboxylic acids is 1. The highest BCUT2D eigenvalue weighted by Gasteiger charge is 2.43. The zero-order chi connectivity index (χ0) is 10.9. The van der Waals surface area contributed by atoms with Gasteiger partial charge >= 0.3 is 5.97 Å². The average Bonchev–Trinajstić information content (AvgIpc) is 3.12. The topological polar surface area (TPSA) is 38.3 Å². The van der Waals surface area contributed by atoms with Gasteiger partial charge in [-0.2, -0.15) is 0 Å². The van der Waals surface area contributed by atoms with Gasteiger partial charge in [-0.1, -0.05) is 6.92 Å². The molecule has 15 heavy (non-hydrogen) atoms. The van der Waals surface area contributed by atoms with E-state index in [1.807, 2.05) is 0 Å². The van der Waals surface area contributed by atoms with Crippen molar-refractivity contribution in [2.24, 2.45) is 11.3 Å². The Morgan fingerprint density at radius 1 is 1.53 bits per heavy atom. The molecule has 2 aliphatic rings. The van der Waals surface area contributed by atoms with Crippen LogP contribution in [0.25, 0.3) is 0 Å². The summed E-state index contributed by atoms with van der Waals surface area (Å²) < 4.78 is 4.83. The van der Waals surface area contributed by atoms with Crippen LogP contribution in [0.15, 0.2) is 0 Å². The first-order valence-electron chi connectivity index (χ1n) is 6.02. The average molecular weight is 211 g/mol. The van der Waals surface area contributed by atoms with Gasteiger partial charge in [0, 0.05) is 6.54 Å². The van der Waals surface area contributed by atoms with Crippen LogP contribution >= 0.6 is 0 Å². The third kappa shape index (κ3) is 2.51. The summed E-state index contributed by atoms with van der Waals surface area (Å²) in [6, 6.07) is -0.0426. The van der Waals surface area contributed by atoms with Crippen molar-refractivity contribution in [2.75, 3.05) is 13.7 Å². The van der Waals surface area contributed by atoms with Crippen molar-refractivity contribution >= 4 is 5.97 Å². The SMILES string of the molecule is CCC1(CNC(C(=O)OC)C2CC2)CC1. The molecule has 2 saturated carbocycles. The fourth-order valence-electron chi connectivity index (χ4n) is 2.16. The maximum Gasteiger partial charge on any atom is 0.323 e. The van der Waals surface area contributed by atoms with E-state index in [1.165, 1.54) is 39.2 Å². The van der Waals surface area contributed by atoms with Crippen molar-refractivity contribution in [3.63, 3.8) is 0 Å². The van der Waals surface area contributed by atoms with E-state index in [1.54, 1.807) is 0 Å². The number of ether oxygens (including phenoxy) is 1. The normalized spacial score (nSPS) is 24.7. The molecule has 0 aliphatic heterocycles. The van der Waals surface area contributed by atoms with Crippen LogP contribution in [0.1, 0.15) is 39.0 Å². The molecule has 0 aromatic rings. The molecule has 0 saturated heterocycles. The number of rotatable bonds is 6. The van der Waals surface area contributed by atoms with Gasteiger partial charge in [-0.25, -0.2) is 0 Å². The summed E-state index contributed by atoms with van der Waals surface area (Å²) in [5, 5.41) is 3.41. The van der Waals surface area contributed by atoms with Gasteiger partial charge in [-0.3, -0.25) is 4.79 Å². The van der Waals surface area contributed by atoms with Crippen molar-refractivity contribution in [1.29, 1.82) is 0 Å². The van der Waals surface area contributed by atoms with Crippen molar-refractivity contribution in [1.82, 2.24) is 5.32 Å². The van der Waals surface area contributed by atoms with Crippen LogP contribution in [0.4, 0.5) is 0 Å². The predicted molar refractivity (Wildman–Crippen MR) is 58.5 cm³/mol. The lowest BCUT2D eigenvalue weighted by atomic mass is 10.0. The summed E-state index contributed by atoms with van der Waals surface area (Å²) in [6.07, 6.45) is 6.19. The maximum absolute atomic E-state index is 11.5. The van der Waals surface area contributed by atoms with E-state index in [0.717, 1.165) is 6.54 Å².